The summed E-state index contributed by atoms with van der Waals surface area (Å²) in [7, 11) is 0. The van der Waals surface area contributed by atoms with Gasteiger partial charge in [-0.15, -0.1) is 0 Å². The smallest absolute Gasteiger partial charge is 0.216 e. The van der Waals surface area contributed by atoms with Crippen LogP contribution in [0.15, 0.2) is 34.5 Å². The first-order chi connectivity index (χ1) is 9.11. The van der Waals surface area contributed by atoms with Crippen LogP contribution in [0, 0.1) is 0 Å². The molecule has 0 saturated carbocycles. The fraction of sp³-hybridized carbons (Fsp3) is 0.167. The molecule has 7 heteroatoms. The zero-order valence-corrected chi connectivity index (χ0v) is 10.4. The van der Waals surface area contributed by atoms with Crippen LogP contribution in [0.4, 0.5) is 0 Å². The average Bonchev–Trinajstić information content (AvgIpc) is 2.44. The van der Waals surface area contributed by atoms with E-state index in [9.17, 15) is 19.2 Å². The fourth-order valence-electron chi connectivity index (χ4n) is 1.26. The molecule has 1 rings (SSSR count). The summed E-state index contributed by atoms with van der Waals surface area (Å²) in [4.78, 5) is 43.2. The van der Waals surface area contributed by atoms with E-state index in [1.165, 1.54) is 18.2 Å². The van der Waals surface area contributed by atoms with Gasteiger partial charge in [-0.2, -0.15) is 10.2 Å². The molecule has 0 amide bonds. The lowest BCUT2D eigenvalue weighted by Crippen LogP contribution is -2.27. The molecule has 0 radical (unpaired) electrons. The van der Waals surface area contributed by atoms with Crippen LogP contribution in [0.1, 0.15) is 5.56 Å². The Bertz CT molecular complexity index is 514. The number of azo groups is 1. The lowest BCUT2D eigenvalue weighted by Gasteiger charge is -2.15. The summed E-state index contributed by atoms with van der Waals surface area (Å²) in [6.45, 7) is 0. The van der Waals surface area contributed by atoms with Crippen molar-refractivity contribution in [3.8, 4) is 0 Å². The van der Waals surface area contributed by atoms with E-state index in [2.05, 4.69) is 10.2 Å². The first-order valence-corrected chi connectivity index (χ1v) is 5.51. The van der Waals surface area contributed by atoms with E-state index in [0.29, 0.717) is 5.02 Å². The van der Waals surface area contributed by atoms with Crippen LogP contribution in [-0.4, -0.2) is 31.2 Å². The Kier molecular flexibility index (Phi) is 5.20. The molecular weight excluding hydrogens is 272 g/mol. The van der Waals surface area contributed by atoms with E-state index in [0.717, 1.165) is 0 Å². The number of carbonyl (C=O) groups is 4. The number of aldehydes is 4. The number of halogens is 1. The Balaban J connectivity index is 3.24. The van der Waals surface area contributed by atoms with Gasteiger partial charge in [0.05, 0.1) is 0 Å². The van der Waals surface area contributed by atoms with Gasteiger partial charge in [-0.1, -0.05) is 23.7 Å². The van der Waals surface area contributed by atoms with Crippen molar-refractivity contribution in [2.75, 3.05) is 0 Å². The molecule has 0 aliphatic heterocycles. The van der Waals surface area contributed by atoms with Crippen molar-refractivity contribution in [3.63, 3.8) is 0 Å². The third kappa shape index (κ3) is 3.38. The largest absolute Gasteiger partial charge is 0.300 e. The van der Waals surface area contributed by atoms with Crippen molar-refractivity contribution in [2.24, 2.45) is 10.2 Å². The highest BCUT2D eigenvalue weighted by Crippen LogP contribution is 2.24. The first kappa shape index (κ1) is 14.8. The van der Waals surface area contributed by atoms with Gasteiger partial charge in [-0.05, 0) is 17.7 Å². The molecule has 1 aromatic carbocycles. The van der Waals surface area contributed by atoms with Crippen molar-refractivity contribution in [2.45, 2.75) is 11.6 Å². The van der Waals surface area contributed by atoms with Gasteiger partial charge in [0.15, 0.2) is 31.2 Å². The Labute approximate surface area is 113 Å². The third-order valence-corrected chi connectivity index (χ3v) is 2.52. The van der Waals surface area contributed by atoms with Gasteiger partial charge in [-0.25, -0.2) is 0 Å². The van der Waals surface area contributed by atoms with Crippen LogP contribution < -0.4 is 0 Å². The first-order valence-electron chi connectivity index (χ1n) is 5.13. The molecule has 98 valence electrons. The zero-order valence-electron chi connectivity index (χ0n) is 9.60. The molecule has 0 spiro atoms. The minimum Gasteiger partial charge on any atom is -0.300 e. The normalized spacial score (nSPS) is 11.5. The maximum Gasteiger partial charge on any atom is 0.216 e. The van der Waals surface area contributed by atoms with Crippen molar-refractivity contribution in [1.82, 2.24) is 0 Å². The maximum atomic E-state index is 11.2. The molecule has 6 nitrogen and oxygen atoms in total. The maximum absolute atomic E-state index is 11.2. The molecule has 0 saturated heterocycles. The SMILES string of the molecule is O=CC(C=O)N=NC(C=O)(C=O)c1cccc(Cl)c1. The van der Waals surface area contributed by atoms with E-state index in [4.69, 9.17) is 11.6 Å². The number of carbonyl (C=O) groups excluding carboxylic acids is 4. The molecule has 0 aromatic heterocycles. The number of nitrogens with zero attached hydrogens (tertiary/aromatic N) is 2. The third-order valence-electron chi connectivity index (χ3n) is 2.28. The van der Waals surface area contributed by atoms with E-state index >= 15 is 0 Å². The Morgan fingerprint density at radius 3 is 2.21 bits per heavy atom. The van der Waals surface area contributed by atoms with Gasteiger partial charge >= 0.3 is 0 Å². The highest BCUT2D eigenvalue weighted by Gasteiger charge is 2.32. The summed E-state index contributed by atoms with van der Waals surface area (Å²) in [5, 5.41) is 7.19. The van der Waals surface area contributed by atoms with Crippen LogP contribution in [0.25, 0.3) is 0 Å². The summed E-state index contributed by atoms with van der Waals surface area (Å²) >= 11 is 5.77. The van der Waals surface area contributed by atoms with Crippen molar-refractivity contribution in [1.29, 1.82) is 0 Å². The predicted octanol–water partition coefficient (Wildman–Crippen LogP) is 1.15. The number of rotatable bonds is 7. The summed E-state index contributed by atoms with van der Waals surface area (Å²) < 4.78 is 0. The predicted molar refractivity (Wildman–Crippen MR) is 66.0 cm³/mol. The second-order valence-electron chi connectivity index (χ2n) is 3.55. The van der Waals surface area contributed by atoms with Crippen LogP contribution in [0.2, 0.25) is 5.02 Å². The molecule has 0 heterocycles. The summed E-state index contributed by atoms with van der Waals surface area (Å²) in [5.74, 6) is 0. The van der Waals surface area contributed by atoms with Crippen LogP contribution in [-0.2, 0) is 24.7 Å². The summed E-state index contributed by atoms with van der Waals surface area (Å²) in [6, 6.07) is 4.58. The highest BCUT2D eigenvalue weighted by molar-refractivity contribution is 6.30. The van der Waals surface area contributed by atoms with Crippen LogP contribution in [0.3, 0.4) is 0 Å². The molecule has 0 aliphatic carbocycles. The number of hydrogen-bond donors (Lipinski definition) is 0. The van der Waals surface area contributed by atoms with Gasteiger partial charge < -0.3 is 9.59 Å². The molecule has 0 aliphatic rings. The van der Waals surface area contributed by atoms with Crippen LogP contribution in [0.5, 0.6) is 0 Å². The molecule has 0 unspecified atom stereocenters. The molecule has 0 fully saturated rings. The van der Waals surface area contributed by atoms with Gasteiger partial charge in [0.25, 0.3) is 0 Å². The Morgan fingerprint density at radius 2 is 1.74 bits per heavy atom. The van der Waals surface area contributed by atoms with Crippen molar-refractivity contribution in [3.05, 3.63) is 34.9 Å². The van der Waals surface area contributed by atoms with Gasteiger partial charge in [0.1, 0.15) is 0 Å². The van der Waals surface area contributed by atoms with E-state index in [1.807, 2.05) is 0 Å². The lowest BCUT2D eigenvalue weighted by molar-refractivity contribution is -0.122. The quantitative estimate of drug-likeness (QED) is 0.425. The minimum absolute atomic E-state index is 0.198. The Hall–Kier alpha value is -2.21. The van der Waals surface area contributed by atoms with E-state index in [1.54, 1.807) is 6.07 Å². The van der Waals surface area contributed by atoms with Gasteiger partial charge in [-0.3, -0.25) is 9.59 Å². The molecule has 1 aromatic rings. The fourth-order valence-corrected chi connectivity index (χ4v) is 1.45. The van der Waals surface area contributed by atoms with Crippen molar-refractivity contribution < 1.29 is 19.2 Å². The summed E-state index contributed by atoms with van der Waals surface area (Å²) in [6.07, 6.45) is 1.02. The lowest BCUT2D eigenvalue weighted by atomic mass is 9.94. The summed E-state index contributed by atoms with van der Waals surface area (Å²) in [5.41, 5.74) is -1.71. The van der Waals surface area contributed by atoms with Crippen LogP contribution >= 0.6 is 11.6 Å². The topological polar surface area (TPSA) is 93.0 Å². The second-order valence-corrected chi connectivity index (χ2v) is 3.99. The average molecular weight is 281 g/mol. The minimum atomic E-state index is -1.91. The van der Waals surface area contributed by atoms with E-state index in [-0.39, 0.29) is 30.7 Å². The number of hydrogen-bond acceptors (Lipinski definition) is 6. The molecule has 0 N–H and O–H groups in total. The van der Waals surface area contributed by atoms with Gasteiger partial charge in [0.2, 0.25) is 5.54 Å². The van der Waals surface area contributed by atoms with Gasteiger partial charge in [0, 0.05) is 5.02 Å². The molecule has 0 bridgehead atoms. The molecule has 0 atom stereocenters. The van der Waals surface area contributed by atoms with E-state index < -0.39 is 11.6 Å². The number of benzene rings is 1. The Morgan fingerprint density at radius 1 is 1.11 bits per heavy atom. The standard InChI is InChI=1S/C12H9ClN2O4/c13-10-3-1-2-9(4-10)12(7-18,8-19)15-14-11(5-16)6-17/h1-8,11H. The monoisotopic (exact) mass is 280 g/mol. The van der Waals surface area contributed by atoms with Crippen molar-refractivity contribution >= 4 is 36.7 Å². The second kappa shape index (κ2) is 6.65. The zero-order chi connectivity index (χ0) is 14.3. The molecule has 19 heavy (non-hydrogen) atoms. The highest BCUT2D eigenvalue weighted by atomic mass is 35.5. The molecular formula is C12H9ClN2O4.